The van der Waals surface area contributed by atoms with E-state index in [2.05, 4.69) is 32.3 Å². The van der Waals surface area contributed by atoms with Gasteiger partial charge in [0.25, 0.3) is 0 Å². The molecular formula is C20H22ClN5OS. The molecule has 28 heavy (non-hydrogen) atoms. The van der Waals surface area contributed by atoms with Crippen LogP contribution in [0, 0.1) is 6.92 Å². The number of guanidine groups is 1. The van der Waals surface area contributed by atoms with Gasteiger partial charge >= 0.3 is 0 Å². The Bertz CT molecular complexity index is 900. The molecule has 146 valence electrons. The average Bonchev–Trinajstić information content (AvgIpc) is 2.72. The molecule has 2 aromatic rings. The van der Waals surface area contributed by atoms with Crippen LogP contribution < -0.4 is 15.4 Å². The summed E-state index contributed by atoms with van der Waals surface area (Å²) in [5, 5.41) is 9.08. The van der Waals surface area contributed by atoms with Crippen molar-refractivity contribution in [3.8, 4) is 11.6 Å². The fourth-order valence-electron chi connectivity index (χ4n) is 2.57. The Balaban J connectivity index is 1.71. The minimum atomic E-state index is 0.471. The van der Waals surface area contributed by atoms with Crippen molar-refractivity contribution in [1.29, 1.82) is 0 Å². The van der Waals surface area contributed by atoms with E-state index in [0.29, 0.717) is 28.2 Å². The molecule has 1 aliphatic rings. The van der Waals surface area contributed by atoms with Crippen LogP contribution in [0.4, 0.5) is 0 Å². The van der Waals surface area contributed by atoms with Gasteiger partial charge in [0.15, 0.2) is 5.96 Å². The molecule has 0 spiro atoms. The Morgan fingerprint density at radius 1 is 1.46 bits per heavy atom. The summed E-state index contributed by atoms with van der Waals surface area (Å²) in [6.45, 7) is 7.44. The van der Waals surface area contributed by atoms with Crippen LogP contribution in [-0.2, 0) is 0 Å². The number of rotatable bonds is 7. The molecular weight excluding hydrogens is 394 g/mol. The van der Waals surface area contributed by atoms with Gasteiger partial charge in [-0.3, -0.25) is 9.98 Å². The van der Waals surface area contributed by atoms with Gasteiger partial charge in [0.1, 0.15) is 5.75 Å². The smallest absolute Gasteiger partial charge is 0.228 e. The van der Waals surface area contributed by atoms with Gasteiger partial charge in [-0.2, -0.15) is 0 Å². The Hall–Kier alpha value is -2.51. The number of aliphatic imine (C=N–C) groups is 2. The molecule has 0 unspecified atom stereocenters. The van der Waals surface area contributed by atoms with E-state index in [0.717, 1.165) is 36.6 Å². The zero-order chi connectivity index (χ0) is 19.8. The summed E-state index contributed by atoms with van der Waals surface area (Å²) in [7, 11) is 0. The number of hydrogen-bond donors (Lipinski definition) is 2. The summed E-state index contributed by atoms with van der Waals surface area (Å²) in [5.41, 5.74) is 2.40. The Morgan fingerprint density at radius 2 is 2.36 bits per heavy atom. The number of hydrogen-bond acceptors (Lipinski definition) is 7. The standard InChI is InChI=1S/C20H22ClN5OS/c1-14-11-15(21)6-7-18(14)27-19-16(5-3-8-23-19)17(22-2)12-28-13-26-20-24-9-4-10-25-20/h3,5-8,11-12H,2,4,9-10,13H2,1H3,(H2,24,25,26)/b17-12-. The molecule has 2 N–H and O–H groups in total. The van der Waals surface area contributed by atoms with Crippen molar-refractivity contribution in [2.75, 3.05) is 19.0 Å². The molecule has 8 heteroatoms. The van der Waals surface area contributed by atoms with Crippen molar-refractivity contribution in [3.63, 3.8) is 0 Å². The highest BCUT2D eigenvalue weighted by Crippen LogP contribution is 2.32. The number of halogens is 1. The second-order valence-electron chi connectivity index (χ2n) is 6.03. The van der Waals surface area contributed by atoms with Crippen molar-refractivity contribution >= 4 is 41.7 Å². The van der Waals surface area contributed by atoms with Gasteiger partial charge in [-0.15, -0.1) is 11.8 Å². The highest BCUT2D eigenvalue weighted by molar-refractivity contribution is 8.02. The first kappa shape index (κ1) is 20.2. The van der Waals surface area contributed by atoms with Crippen LogP contribution in [0.3, 0.4) is 0 Å². The quantitative estimate of drug-likeness (QED) is 0.396. The van der Waals surface area contributed by atoms with Crippen LogP contribution in [0.5, 0.6) is 11.6 Å². The fraction of sp³-hybridized carbons (Fsp3) is 0.250. The van der Waals surface area contributed by atoms with Crippen LogP contribution in [-0.4, -0.2) is 36.6 Å². The minimum absolute atomic E-state index is 0.471. The van der Waals surface area contributed by atoms with Crippen molar-refractivity contribution in [2.24, 2.45) is 9.98 Å². The van der Waals surface area contributed by atoms with E-state index in [1.807, 2.05) is 36.6 Å². The second kappa shape index (κ2) is 10.1. The average molecular weight is 416 g/mol. The SMILES string of the molecule is C=N/C(=C\SCNC1=NCCCN1)c1cccnc1Oc1ccc(Cl)cc1C. The maximum absolute atomic E-state index is 6.03. The normalized spacial score (nSPS) is 14.1. The Morgan fingerprint density at radius 3 is 3.11 bits per heavy atom. The lowest BCUT2D eigenvalue weighted by Gasteiger charge is -2.15. The molecule has 1 aromatic heterocycles. The van der Waals surface area contributed by atoms with E-state index in [9.17, 15) is 0 Å². The van der Waals surface area contributed by atoms with E-state index >= 15 is 0 Å². The number of aryl methyl sites for hydroxylation is 1. The molecule has 1 aromatic carbocycles. The van der Waals surface area contributed by atoms with Crippen LogP contribution in [0.1, 0.15) is 17.5 Å². The zero-order valence-electron chi connectivity index (χ0n) is 15.6. The molecule has 3 rings (SSSR count). The summed E-state index contributed by atoms with van der Waals surface area (Å²) < 4.78 is 6.03. The van der Waals surface area contributed by atoms with E-state index in [-0.39, 0.29) is 0 Å². The topological polar surface area (TPSA) is 70.9 Å². The number of benzene rings is 1. The number of thioether (sulfide) groups is 1. The predicted molar refractivity (Wildman–Crippen MR) is 119 cm³/mol. The van der Waals surface area contributed by atoms with Gasteiger partial charge in [0, 0.05) is 24.3 Å². The molecule has 0 saturated carbocycles. The van der Waals surface area contributed by atoms with E-state index in [1.165, 1.54) is 0 Å². The number of pyridine rings is 1. The first-order valence-corrected chi connectivity index (χ1v) is 10.3. The summed E-state index contributed by atoms with van der Waals surface area (Å²) >= 11 is 7.59. The third kappa shape index (κ3) is 5.50. The van der Waals surface area contributed by atoms with Crippen LogP contribution in [0.2, 0.25) is 5.02 Å². The van der Waals surface area contributed by atoms with E-state index in [1.54, 1.807) is 24.0 Å². The van der Waals surface area contributed by atoms with E-state index < -0.39 is 0 Å². The number of ether oxygens (including phenoxy) is 1. The number of nitrogens with one attached hydrogen (secondary N) is 2. The monoisotopic (exact) mass is 415 g/mol. The largest absolute Gasteiger partial charge is 0.438 e. The number of nitrogens with zero attached hydrogens (tertiary/aromatic N) is 3. The lowest BCUT2D eigenvalue weighted by Crippen LogP contribution is -2.40. The summed E-state index contributed by atoms with van der Waals surface area (Å²) in [6, 6.07) is 9.23. The first-order valence-electron chi connectivity index (χ1n) is 8.87. The van der Waals surface area contributed by atoms with Gasteiger partial charge in [-0.25, -0.2) is 4.98 Å². The highest BCUT2D eigenvalue weighted by atomic mass is 35.5. The zero-order valence-corrected chi connectivity index (χ0v) is 17.2. The third-order valence-corrected chi connectivity index (χ3v) is 4.91. The van der Waals surface area contributed by atoms with Gasteiger partial charge in [-0.05, 0) is 61.4 Å². The van der Waals surface area contributed by atoms with Crippen LogP contribution in [0.25, 0.3) is 5.70 Å². The van der Waals surface area contributed by atoms with Gasteiger partial charge in [0.2, 0.25) is 5.88 Å². The molecule has 0 fully saturated rings. The maximum Gasteiger partial charge on any atom is 0.228 e. The lowest BCUT2D eigenvalue weighted by molar-refractivity contribution is 0.458. The van der Waals surface area contributed by atoms with Gasteiger partial charge in [0.05, 0.1) is 17.1 Å². The molecule has 0 radical (unpaired) electrons. The van der Waals surface area contributed by atoms with Crippen LogP contribution in [0.15, 0.2) is 51.9 Å². The van der Waals surface area contributed by atoms with Crippen molar-refractivity contribution in [2.45, 2.75) is 13.3 Å². The number of aromatic nitrogens is 1. The van der Waals surface area contributed by atoms with Crippen molar-refractivity contribution in [1.82, 2.24) is 15.6 Å². The van der Waals surface area contributed by atoms with Crippen molar-refractivity contribution in [3.05, 3.63) is 58.1 Å². The van der Waals surface area contributed by atoms with Gasteiger partial charge < -0.3 is 15.4 Å². The minimum Gasteiger partial charge on any atom is -0.438 e. The summed E-state index contributed by atoms with van der Waals surface area (Å²) in [6.07, 6.45) is 2.76. The summed E-state index contributed by atoms with van der Waals surface area (Å²) in [5.74, 6) is 2.67. The third-order valence-electron chi connectivity index (χ3n) is 3.98. The first-order chi connectivity index (χ1) is 13.7. The molecule has 2 heterocycles. The van der Waals surface area contributed by atoms with Gasteiger partial charge in [-0.1, -0.05) is 11.6 Å². The van der Waals surface area contributed by atoms with E-state index in [4.69, 9.17) is 16.3 Å². The molecule has 0 atom stereocenters. The molecule has 1 aliphatic heterocycles. The molecule has 0 bridgehead atoms. The second-order valence-corrected chi connectivity index (χ2v) is 7.32. The molecule has 0 amide bonds. The maximum atomic E-state index is 6.03. The van der Waals surface area contributed by atoms with Crippen LogP contribution >= 0.6 is 23.4 Å². The Labute approximate surface area is 174 Å². The fourth-order valence-corrected chi connectivity index (χ4v) is 3.46. The highest BCUT2D eigenvalue weighted by Gasteiger charge is 2.12. The Kier molecular flexibility index (Phi) is 7.33. The van der Waals surface area contributed by atoms with Crippen molar-refractivity contribution < 1.29 is 4.74 Å². The molecule has 0 saturated heterocycles. The molecule has 6 nitrogen and oxygen atoms in total. The summed E-state index contributed by atoms with van der Waals surface area (Å²) in [4.78, 5) is 12.9. The predicted octanol–water partition coefficient (Wildman–Crippen LogP) is 4.46. The lowest BCUT2D eigenvalue weighted by atomic mass is 10.2. The molecule has 0 aliphatic carbocycles.